The number of rotatable bonds is 6. The molecule has 5 heteroatoms. The summed E-state index contributed by atoms with van der Waals surface area (Å²) in [6.07, 6.45) is 3.93. The first-order valence-electron chi connectivity index (χ1n) is 9.49. The maximum absolute atomic E-state index is 13.4. The van der Waals surface area contributed by atoms with Crippen LogP contribution in [0.25, 0.3) is 6.08 Å². The normalized spacial score (nSPS) is 21.2. The molecule has 0 N–H and O–H groups in total. The van der Waals surface area contributed by atoms with Crippen molar-refractivity contribution in [1.82, 2.24) is 4.31 Å². The summed E-state index contributed by atoms with van der Waals surface area (Å²) in [5.41, 5.74) is 2.93. The van der Waals surface area contributed by atoms with Gasteiger partial charge in [0.2, 0.25) is 10.0 Å². The summed E-state index contributed by atoms with van der Waals surface area (Å²) in [5, 5.41) is 0. The van der Waals surface area contributed by atoms with Gasteiger partial charge in [-0.05, 0) is 30.7 Å². The van der Waals surface area contributed by atoms with Gasteiger partial charge in [0.15, 0.2) is 0 Å². The van der Waals surface area contributed by atoms with Crippen molar-refractivity contribution in [3.63, 3.8) is 0 Å². The van der Waals surface area contributed by atoms with Crippen LogP contribution in [0.3, 0.4) is 0 Å². The van der Waals surface area contributed by atoms with E-state index in [1.54, 1.807) is 23.5 Å². The molecule has 3 aromatic rings. The molecule has 0 bridgehead atoms. The highest BCUT2D eigenvalue weighted by molar-refractivity contribution is 7.89. The predicted octanol–water partition coefficient (Wildman–Crippen LogP) is 4.83. The van der Waals surface area contributed by atoms with Crippen molar-refractivity contribution in [2.24, 2.45) is 0 Å². The monoisotopic (exact) mass is 405 g/mol. The zero-order valence-electron chi connectivity index (χ0n) is 16.4. The first-order valence-corrected chi connectivity index (χ1v) is 10.9. The number of methoxy groups -OCH3 is 1. The number of sulfonamides is 1. The van der Waals surface area contributed by atoms with Crippen LogP contribution in [0.2, 0.25) is 0 Å². The van der Waals surface area contributed by atoms with Gasteiger partial charge in [-0.25, -0.2) is 8.42 Å². The van der Waals surface area contributed by atoms with Gasteiger partial charge in [-0.15, -0.1) is 0 Å². The zero-order valence-corrected chi connectivity index (χ0v) is 17.2. The number of hydrogen-bond acceptors (Lipinski definition) is 3. The Bertz CT molecular complexity index is 1120. The van der Waals surface area contributed by atoms with Crippen molar-refractivity contribution in [1.29, 1.82) is 0 Å². The molecule has 1 aliphatic rings. The Balaban J connectivity index is 1.72. The van der Waals surface area contributed by atoms with Crippen molar-refractivity contribution in [3.05, 3.63) is 102 Å². The molecule has 0 aliphatic carbocycles. The Morgan fingerprint density at radius 1 is 0.897 bits per heavy atom. The second-order valence-corrected chi connectivity index (χ2v) is 8.94. The molecule has 0 amide bonds. The fourth-order valence-corrected chi connectivity index (χ4v) is 5.28. The van der Waals surface area contributed by atoms with E-state index in [-0.39, 0.29) is 12.1 Å². The van der Waals surface area contributed by atoms with Crippen LogP contribution in [-0.4, -0.2) is 25.9 Å². The summed E-state index contributed by atoms with van der Waals surface area (Å²) in [4.78, 5) is 0.304. The number of ether oxygens (including phenoxy) is 1. The molecule has 4 nitrogen and oxygen atoms in total. The lowest BCUT2D eigenvalue weighted by molar-refractivity contribution is 0.408. The van der Waals surface area contributed by atoms with Gasteiger partial charge in [0.25, 0.3) is 0 Å². The highest BCUT2D eigenvalue weighted by Gasteiger charge is 2.55. The van der Waals surface area contributed by atoms with Gasteiger partial charge in [-0.3, -0.25) is 0 Å². The van der Waals surface area contributed by atoms with Crippen molar-refractivity contribution in [2.75, 3.05) is 7.11 Å². The predicted molar refractivity (Wildman–Crippen MR) is 115 cm³/mol. The Labute approximate surface area is 172 Å². The molecule has 3 aromatic carbocycles. The number of aryl methyl sites for hydroxylation is 1. The van der Waals surface area contributed by atoms with Crippen LogP contribution in [0, 0.1) is 6.92 Å². The molecule has 1 unspecified atom stereocenters. The lowest BCUT2D eigenvalue weighted by Gasteiger charge is -2.09. The van der Waals surface area contributed by atoms with Crippen LogP contribution in [0.4, 0.5) is 0 Å². The van der Waals surface area contributed by atoms with E-state index in [2.05, 4.69) is 0 Å². The van der Waals surface area contributed by atoms with Gasteiger partial charge < -0.3 is 4.74 Å². The molecule has 29 heavy (non-hydrogen) atoms. The van der Waals surface area contributed by atoms with Crippen LogP contribution in [-0.2, 0) is 10.0 Å². The standard InChI is InChI=1S/C24H23NO3S/c1-18-12-15-20(16-13-18)29(26,27)25-22(17-14-19-8-4-3-5-9-19)24(25)21-10-6-7-11-23(21)28-2/h3-17,22,24H,1-2H3/b17-14+/t22-,24-,25?/m0/s1. The largest absolute Gasteiger partial charge is 0.496 e. The number of hydrogen-bond donors (Lipinski definition) is 0. The fraction of sp³-hybridized carbons (Fsp3) is 0.167. The third-order valence-electron chi connectivity index (χ3n) is 5.14. The Morgan fingerprint density at radius 2 is 1.55 bits per heavy atom. The SMILES string of the molecule is COc1ccccc1[C@H]1[C@H](/C=C/c2ccccc2)N1S(=O)(=O)c1ccc(C)cc1. The molecule has 148 valence electrons. The molecule has 0 saturated carbocycles. The van der Waals surface area contributed by atoms with Crippen LogP contribution in [0.1, 0.15) is 22.7 Å². The summed E-state index contributed by atoms with van der Waals surface area (Å²) >= 11 is 0. The van der Waals surface area contributed by atoms with Gasteiger partial charge in [-0.2, -0.15) is 4.31 Å². The van der Waals surface area contributed by atoms with Gasteiger partial charge in [0.05, 0.1) is 24.1 Å². The van der Waals surface area contributed by atoms with Crippen molar-refractivity contribution in [3.8, 4) is 5.75 Å². The van der Waals surface area contributed by atoms with E-state index in [1.807, 2.05) is 85.8 Å². The minimum Gasteiger partial charge on any atom is -0.496 e. The Hall–Kier alpha value is -2.89. The summed E-state index contributed by atoms with van der Waals surface area (Å²) in [6.45, 7) is 1.94. The maximum Gasteiger partial charge on any atom is 0.244 e. The van der Waals surface area contributed by atoms with Gasteiger partial charge in [0.1, 0.15) is 5.75 Å². The minimum absolute atomic E-state index is 0.266. The highest BCUT2D eigenvalue weighted by Crippen LogP contribution is 2.51. The molecule has 1 aliphatic heterocycles. The van der Waals surface area contributed by atoms with E-state index < -0.39 is 10.0 Å². The summed E-state index contributed by atoms with van der Waals surface area (Å²) in [5.74, 6) is 0.692. The van der Waals surface area contributed by atoms with Crippen LogP contribution >= 0.6 is 0 Å². The molecular formula is C24H23NO3S. The van der Waals surface area contributed by atoms with Gasteiger partial charge in [0, 0.05) is 5.56 Å². The van der Waals surface area contributed by atoms with E-state index in [9.17, 15) is 8.42 Å². The average Bonchev–Trinajstić information content (AvgIpc) is 3.48. The lowest BCUT2D eigenvalue weighted by Crippen LogP contribution is -2.14. The third-order valence-corrected chi connectivity index (χ3v) is 7.03. The fourth-order valence-electron chi connectivity index (χ4n) is 3.57. The van der Waals surface area contributed by atoms with Gasteiger partial charge in [-0.1, -0.05) is 78.4 Å². The molecule has 0 radical (unpaired) electrons. The second-order valence-electron chi connectivity index (χ2n) is 7.10. The summed E-state index contributed by atoms with van der Waals surface area (Å²) in [6, 6.07) is 23.9. The van der Waals surface area contributed by atoms with E-state index in [0.29, 0.717) is 10.6 Å². The molecule has 0 spiro atoms. The first-order chi connectivity index (χ1) is 14.0. The van der Waals surface area contributed by atoms with Gasteiger partial charge >= 0.3 is 0 Å². The molecular weight excluding hydrogens is 382 g/mol. The van der Waals surface area contributed by atoms with E-state index in [1.165, 1.54) is 0 Å². The quantitative estimate of drug-likeness (QED) is 0.552. The van der Waals surface area contributed by atoms with Crippen molar-refractivity contribution in [2.45, 2.75) is 23.9 Å². The number of nitrogens with zero attached hydrogens (tertiary/aromatic N) is 1. The average molecular weight is 406 g/mol. The van der Waals surface area contributed by atoms with E-state index >= 15 is 0 Å². The molecule has 1 heterocycles. The zero-order chi connectivity index (χ0) is 20.4. The smallest absolute Gasteiger partial charge is 0.244 e. The molecule has 1 saturated heterocycles. The third kappa shape index (κ3) is 3.84. The Kier molecular flexibility index (Phi) is 5.26. The van der Waals surface area contributed by atoms with Crippen molar-refractivity contribution < 1.29 is 13.2 Å². The highest BCUT2D eigenvalue weighted by atomic mass is 32.2. The summed E-state index contributed by atoms with van der Waals surface area (Å²) in [7, 11) is -2.03. The van der Waals surface area contributed by atoms with E-state index in [4.69, 9.17) is 4.74 Å². The second kappa shape index (κ2) is 7.85. The topological polar surface area (TPSA) is 46.4 Å². The molecule has 4 rings (SSSR count). The number of benzene rings is 3. The van der Waals surface area contributed by atoms with Crippen LogP contribution in [0.15, 0.2) is 89.8 Å². The number of para-hydroxylation sites is 1. The summed E-state index contributed by atoms with van der Waals surface area (Å²) < 4.78 is 33.8. The van der Waals surface area contributed by atoms with E-state index in [0.717, 1.165) is 16.7 Å². The molecule has 1 fully saturated rings. The maximum atomic E-state index is 13.4. The lowest BCUT2D eigenvalue weighted by atomic mass is 10.1. The first kappa shape index (κ1) is 19.4. The molecule has 0 aromatic heterocycles. The minimum atomic E-state index is -3.63. The van der Waals surface area contributed by atoms with Crippen molar-refractivity contribution >= 4 is 16.1 Å². The van der Waals surface area contributed by atoms with Crippen LogP contribution in [0.5, 0.6) is 5.75 Å². The Morgan fingerprint density at radius 3 is 2.24 bits per heavy atom. The van der Waals surface area contributed by atoms with Crippen LogP contribution < -0.4 is 4.74 Å². The molecule has 3 atom stereocenters.